The second-order valence-electron chi connectivity index (χ2n) is 12.8. The van der Waals surface area contributed by atoms with Crippen LogP contribution in [0.4, 0.5) is 0 Å². The van der Waals surface area contributed by atoms with Gasteiger partial charge in [0.2, 0.25) is 0 Å². The van der Waals surface area contributed by atoms with Crippen molar-refractivity contribution >= 4 is 48.9 Å². The summed E-state index contributed by atoms with van der Waals surface area (Å²) in [4.78, 5) is 107. The molecule has 0 bridgehead atoms. The molecule has 2 aromatic heterocycles. The monoisotopic (exact) mass is 934 g/mol. The number of hydrogen-bond donors (Lipinski definition) is 3. The molecular weight excluding hydrogens is 891 g/mol. The maximum atomic E-state index is 12.1. The predicted molar refractivity (Wildman–Crippen MR) is 203 cm³/mol. The van der Waals surface area contributed by atoms with Crippen LogP contribution in [-0.2, 0) is 50.4 Å². The summed E-state index contributed by atoms with van der Waals surface area (Å²) in [6, 6.07) is 8.27. The zero-order valence-corrected chi connectivity index (χ0v) is 34.3. The Hall–Kier alpha value is -5.34. The fourth-order valence-corrected chi connectivity index (χ4v) is 14.0. The number of aldehydes is 1. The Morgan fingerprint density at radius 3 is 1.66 bits per heavy atom. The van der Waals surface area contributed by atoms with Crippen LogP contribution >= 0.6 is 18.7 Å². The summed E-state index contributed by atoms with van der Waals surface area (Å²) >= 11 is -6.03. The molecule has 3 aliphatic heterocycles. The molecule has 3 aromatic rings. The zero-order valence-electron chi connectivity index (χ0n) is 32.2. The number of nitrogens with zero attached hydrogens (tertiary/aromatic N) is 2. The van der Waals surface area contributed by atoms with Gasteiger partial charge in [0.1, 0.15) is 24.6 Å². The Balaban J connectivity index is 0.000000194. The molecule has 22 nitrogen and oxygen atoms in total. The third-order valence-corrected chi connectivity index (χ3v) is 16.9. The van der Waals surface area contributed by atoms with Crippen LogP contribution in [0.25, 0.3) is 0 Å². The number of aromatic nitrogens is 4. The largest absolute Gasteiger partial charge is 0.394 e. The average Bonchev–Trinajstić information content (AvgIpc) is 3.73. The van der Waals surface area contributed by atoms with Crippen molar-refractivity contribution in [3.05, 3.63) is 99.6 Å². The van der Waals surface area contributed by atoms with E-state index in [2.05, 4.69) is 9.97 Å². The second-order valence-corrected chi connectivity index (χ2v) is 19.6. The first kappa shape index (κ1) is 45.4. The van der Waals surface area contributed by atoms with Gasteiger partial charge in [-0.1, -0.05) is 13.8 Å². The van der Waals surface area contributed by atoms with Gasteiger partial charge in [-0.3, -0.25) is 28.7 Å². The van der Waals surface area contributed by atoms with Crippen LogP contribution in [0.1, 0.15) is 57.4 Å². The number of ether oxygens (including phenoxy) is 4. The summed E-state index contributed by atoms with van der Waals surface area (Å²) in [5, 5.41) is 9.20. The molecule has 3 aliphatic rings. The van der Waals surface area contributed by atoms with E-state index >= 15 is 0 Å². The summed E-state index contributed by atoms with van der Waals surface area (Å²) in [5.41, 5.74) is -2.08. The van der Waals surface area contributed by atoms with E-state index in [9.17, 15) is 48.3 Å². The minimum atomic E-state index is -6.03. The van der Waals surface area contributed by atoms with E-state index in [-0.39, 0.29) is 33.7 Å². The van der Waals surface area contributed by atoms with Gasteiger partial charge in [-0.15, -0.1) is 0 Å². The summed E-state index contributed by atoms with van der Waals surface area (Å²) < 4.78 is 44.7. The SMILES string of the molecule is CC(=O)OI1(OC(C)=O)(OC(C)=O)OC(=O)c2ccccc21.CO[C@H]1C(C)[C@@H](C=O)O[C@H]1n1ccc(=O)[nH]c1=O.CO[C@H]1C(C)[C@@H](CO)O[C@H]1n1ccc(=O)[nH]c1=O. The Morgan fingerprint density at radius 2 is 1.22 bits per heavy atom. The molecule has 0 amide bonds. The molecule has 0 radical (unpaired) electrons. The van der Waals surface area contributed by atoms with Crippen LogP contribution in [0.5, 0.6) is 0 Å². The van der Waals surface area contributed by atoms with Crippen LogP contribution in [0.2, 0.25) is 0 Å². The number of rotatable bonds is 9. The molecule has 3 N–H and O–H groups in total. The summed E-state index contributed by atoms with van der Waals surface area (Å²) in [5.74, 6) is -3.86. The standard InChI is InChI=1S/C13H13IO8.C11H16N2O5.C11H14N2O5/c1-8(15)19-14(20-9(2)16,21-10(3)17)12-7-5-4-6-11(12)13(18)22-14;2*1-6-7(5-14)18-10(9(6)17-2)13-4-3-8(15)12-11(13)16/h4-7H,1-3H3;3-4,6-7,9-10,14H,5H2,1-2H3,(H,12,15,16);3-7,9-10H,1-2H3,(H,12,15,16)/t;2*6?,7-,9+,10-/m.11/s1. The molecule has 23 heteroatoms. The van der Waals surface area contributed by atoms with Crippen molar-refractivity contribution in [3.63, 3.8) is 0 Å². The number of H-pyrrole nitrogens is 2. The Labute approximate surface area is 331 Å². The normalized spacial score (nSPS) is 26.8. The zero-order chi connectivity index (χ0) is 43.1. The Kier molecular flexibility index (Phi) is 14.5. The summed E-state index contributed by atoms with van der Waals surface area (Å²) in [7, 11) is 3.01. The molecule has 2 unspecified atom stereocenters. The van der Waals surface area contributed by atoms with Crippen molar-refractivity contribution < 1.29 is 60.3 Å². The van der Waals surface area contributed by atoms with Gasteiger partial charge < -0.3 is 28.8 Å². The van der Waals surface area contributed by atoms with Crippen molar-refractivity contribution in [2.75, 3.05) is 20.8 Å². The minimum Gasteiger partial charge on any atom is -0.394 e. The van der Waals surface area contributed by atoms with Gasteiger partial charge in [0.25, 0.3) is 11.1 Å². The molecule has 58 heavy (non-hydrogen) atoms. The number of methoxy groups -OCH3 is 2. The van der Waals surface area contributed by atoms with E-state index < -0.39 is 95.9 Å². The minimum absolute atomic E-state index is 0.0142. The first-order valence-corrected chi connectivity index (χ1v) is 21.8. The van der Waals surface area contributed by atoms with E-state index in [1.165, 1.54) is 66.1 Å². The van der Waals surface area contributed by atoms with E-state index in [4.69, 9.17) is 31.2 Å². The molecule has 2 saturated heterocycles. The molecule has 0 saturated carbocycles. The molecule has 6 rings (SSSR count). The second kappa shape index (κ2) is 18.5. The van der Waals surface area contributed by atoms with Crippen LogP contribution in [0.3, 0.4) is 0 Å². The molecule has 2 fully saturated rings. The van der Waals surface area contributed by atoms with Gasteiger partial charge in [0, 0.05) is 50.6 Å². The Bertz CT molecular complexity index is 2210. The molecule has 8 atom stereocenters. The van der Waals surface area contributed by atoms with Gasteiger partial charge in [-0.2, -0.15) is 0 Å². The number of aliphatic hydroxyl groups excluding tert-OH is 1. The van der Waals surface area contributed by atoms with Gasteiger partial charge in [-0.25, -0.2) is 9.59 Å². The summed E-state index contributed by atoms with van der Waals surface area (Å²) in [6.45, 7) is 6.62. The maximum absolute atomic E-state index is 12.1. The first-order valence-electron chi connectivity index (χ1n) is 17.2. The van der Waals surface area contributed by atoms with Crippen molar-refractivity contribution in [2.24, 2.45) is 11.8 Å². The summed E-state index contributed by atoms with van der Waals surface area (Å²) in [6.07, 6.45) is 0.221. The van der Waals surface area contributed by atoms with Gasteiger partial charge >= 0.3 is 140 Å². The topological polar surface area (TPSA) is 289 Å². The number of benzene rings is 1. The van der Waals surface area contributed by atoms with Crippen molar-refractivity contribution in [2.45, 2.75) is 71.5 Å². The van der Waals surface area contributed by atoms with Crippen molar-refractivity contribution in [3.8, 4) is 0 Å². The third kappa shape index (κ3) is 9.34. The van der Waals surface area contributed by atoms with Crippen LogP contribution in [0, 0.1) is 15.4 Å². The van der Waals surface area contributed by atoms with Crippen LogP contribution in [0.15, 0.2) is 68.0 Å². The van der Waals surface area contributed by atoms with E-state index in [1.54, 1.807) is 6.07 Å². The van der Waals surface area contributed by atoms with Crippen LogP contribution < -0.4 is 22.5 Å². The van der Waals surface area contributed by atoms with Gasteiger partial charge in [0.15, 0.2) is 12.5 Å². The predicted octanol–water partition coefficient (Wildman–Crippen LogP) is 0.315. The number of nitrogens with one attached hydrogen (secondary N) is 2. The Morgan fingerprint density at radius 1 is 0.759 bits per heavy atom. The molecule has 0 aliphatic carbocycles. The number of fused-ring (bicyclic) bond motifs is 1. The van der Waals surface area contributed by atoms with Gasteiger partial charge in [0.05, 0.1) is 12.7 Å². The number of carbonyl (C=O) groups excluding carboxylic acids is 5. The average molecular weight is 935 g/mol. The van der Waals surface area contributed by atoms with E-state index in [0.717, 1.165) is 20.8 Å². The fourth-order valence-electron chi connectivity index (χ4n) is 6.27. The molecule has 0 spiro atoms. The number of carbonyl (C=O) groups is 5. The number of aromatic amines is 2. The smallest absolute Gasteiger partial charge is 0.330 e. The number of aliphatic hydroxyl groups is 1. The molecular formula is C35H43IN4O18. The van der Waals surface area contributed by atoms with Crippen molar-refractivity contribution in [1.29, 1.82) is 0 Å². The fraction of sp³-hybridized carbons (Fsp3) is 0.457. The van der Waals surface area contributed by atoms with E-state index in [0.29, 0.717) is 6.29 Å². The number of hydrogen-bond acceptors (Lipinski definition) is 18. The first-order chi connectivity index (χ1) is 27.3. The van der Waals surface area contributed by atoms with Crippen molar-refractivity contribution in [1.82, 2.24) is 19.1 Å². The molecule has 5 heterocycles. The van der Waals surface area contributed by atoms with E-state index in [1.807, 2.05) is 13.8 Å². The molecule has 1 aromatic carbocycles. The number of halogens is 1. The van der Waals surface area contributed by atoms with Gasteiger partial charge in [-0.05, 0) is 0 Å². The third-order valence-electron chi connectivity index (χ3n) is 8.78. The molecule has 318 valence electrons. The quantitative estimate of drug-likeness (QED) is 0.192. The van der Waals surface area contributed by atoms with Crippen LogP contribution in [-0.4, -0.2) is 99.6 Å². The maximum Gasteiger partial charge on any atom is 0.330 e.